The van der Waals surface area contributed by atoms with E-state index in [2.05, 4.69) is 5.32 Å². The lowest BCUT2D eigenvalue weighted by Gasteiger charge is -2.13. The molecule has 0 spiro atoms. The van der Waals surface area contributed by atoms with E-state index < -0.39 is 30.4 Å². The van der Waals surface area contributed by atoms with Gasteiger partial charge in [0.15, 0.2) is 0 Å². The third kappa shape index (κ3) is 4.32. The van der Waals surface area contributed by atoms with E-state index in [9.17, 15) is 27.6 Å². The number of methoxy groups -OCH3 is 1. The zero-order chi connectivity index (χ0) is 21.3. The fourth-order valence-corrected chi connectivity index (χ4v) is 4.57. The first kappa shape index (κ1) is 21.4. The molecule has 2 aromatic rings. The third-order valence-corrected chi connectivity index (χ3v) is 6.11. The number of aromatic nitrogens is 2. The van der Waals surface area contributed by atoms with Crippen molar-refractivity contribution in [3.05, 3.63) is 31.3 Å². The fourth-order valence-electron chi connectivity index (χ4n) is 3.24. The van der Waals surface area contributed by atoms with Crippen LogP contribution in [0.15, 0.2) is 9.59 Å². The maximum Gasteiger partial charge on any atom is 0.390 e. The summed E-state index contributed by atoms with van der Waals surface area (Å²) in [5, 5.41) is 2.90. The Morgan fingerprint density at radius 3 is 2.48 bits per heavy atom. The first-order valence-electron chi connectivity index (χ1n) is 8.98. The molecular weight excluding hydrogens is 413 g/mol. The van der Waals surface area contributed by atoms with Crippen LogP contribution in [0.3, 0.4) is 0 Å². The molecule has 2 aromatic heterocycles. The SMILES string of the molecule is COCCn1c(=O)n(CCC(F)(F)F)c(=O)c2c(C)c(CN3CCNC3=O)sc21. The monoisotopic (exact) mass is 434 g/mol. The molecule has 3 rings (SSSR count). The van der Waals surface area contributed by atoms with Gasteiger partial charge in [0, 0.05) is 31.6 Å². The van der Waals surface area contributed by atoms with Crippen LogP contribution >= 0.6 is 11.3 Å². The number of rotatable bonds is 7. The molecule has 1 aliphatic rings. The topological polar surface area (TPSA) is 85.6 Å². The van der Waals surface area contributed by atoms with Crippen molar-refractivity contribution >= 4 is 27.6 Å². The van der Waals surface area contributed by atoms with Crippen LogP contribution in [0.1, 0.15) is 16.9 Å². The van der Waals surface area contributed by atoms with Gasteiger partial charge in [0.1, 0.15) is 4.83 Å². The van der Waals surface area contributed by atoms with Gasteiger partial charge < -0.3 is 15.0 Å². The number of carbonyl (C=O) groups is 1. The quantitative estimate of drug-likeness (QED) is 0.718. The summed E-state index contributed by atoms with van der Waals surface area (Å²) in [5.74, 6) is 0. The molecule has 1 N–H and O–H groups in total. The fraction of sp³-hybridized carbons (Fsp3) is 0.588. The van der Waals surface area contributed by atoms with E-state index in [0.29, 0.717) is 32.9 Å². The van der Waals surface area contributed by atoms with E-state index >= 15 is 0 Å². The van der Waals surface area contributed by atoms with Gasteiger partial charge in [-0.1, -0.05) is 0 Å². The minimum absolute atomic E-state index is 0.0989. The minimum atomic E-state index is -4.49. The second kappa shape index (κ2) is 8.19. The van der Waals surface area contributed by atoms with Crippen molar-refractivity contribution < 1.29 is 22.7 Å². The molecule has 0 aromatic carbocycles. The summed E-state index contributed by atoms with van der Waals surface area (Å²) in [4.78, 5) is 40.2. The Labute approximate surface area is 167 Å². The van der Waals surface area contributed by atoms with Crippen LogP contribution < -0.4 is 16.6 Å². The second-order valence-corrected chi connectivity index (χ2v) is 7.82. The largest absolute Gasteiger partial charge is 0.390 e. The highest BCUT2D eigenvalue weighted by Crippen LogP contribution is 2.29. The minimum Gasteiger partial charge on any atom is -0.383 e. The highest BCUT2D eigenvalue weighted by Gasteiger charge is 2.29. The lowest BCUT2D eigenvalue weighted by Crippen LogP contribution is -2.41. The maximum absolute atomic E-state index is 12.9. The number of aryl methyl sites for hydroxylation is 1. The zero-order valence-corrected chi connectivity index (χ0v) is 16.8. The lowest BCUT2D eigenvalue weighted by atomic mass is 10.2. The van der Waals surface area contributed by atoms with Crippen molar-refractivity contribution in [3.8, 4) is 0 Å². The number of nitrogens with zero attached hydrogens (tertiary/aromatic N) is 3. The lowest BCUT2D eigenvalue weighted by molar-refractivity contribution is -0.137. The number of thiophene rings is 1. The van der Waals surface area contributed by atoms with Crippen molar-refractivity contribution in [1.82, 2.24) is 19.4 Å². The number of amides is 2. The van der Waals surface area contributed by atoms with Crippen LogP contribution in [0.25, 0.3) is 10.2 Å². The van der Waals surface area contributed by atoms with E-state index in [4.69, 9.17) is 4.74 Å². The summed E-state index contributed by atoms with van der Waals surface area (Å²) in [5.41, 5.74) is -0.967. The summed E-state index contributed by atoms with van der Waals surface area (Å²) in [6, 6.07) is -0.221. The first-order chi connectivity index (χ1) is 13.6. The van der Waals surface area contributed by atoms with Crippen LogP contribution in [0.5, 0.6) is 0 Å². The Bertz CT molecular complexity index is 1040. The van der Waals surface area contributed by atoms with Crippen molar-refractivity contribution in [2.45, 2.75) is 39.2 Å². The standard InChI is InChI=1S/C17H21F3N4O4S/c1-10-11(9-22-6-4-21-15(22)26)29-14-12(10)13(25)23(5-3-17(18,19)20)16(27)24(14)7-8-28-2/h3-9H2,1-2H3,(H,21,26). The molecule has 0 unspecified atom stereocenters. The predicted molar refractivity (Wildman–Crippen MR) is 101 cm³/mol. The molecule has 1 aliphatic heterocycles. The smallest absolute Gasteiger partial charge is 0.383 e. The van der Waals surface area contributed by atoms with Crippen LogP contribution in [0.4, 0.5) is 18.0 Å². The number of ether oxygens (including phenoxy) is 1. The van der Waals surface area contributed by atoms with Gasteiger partial charge in [0.2, 0.25) is 0 Å². The van der Waals surface area contributed by atoms with Crippen molar-refractivity contribution in [2.24, 2.45) is 0 Å². The number of halogens is 3. The normalized spacial score (nSPS) is 14.8. The highest BCUT2D eigenvalue weighted by molar-refractivity contribution is 7.18. The summed E-state index contributed by atoms with van der Waals surface area (Å²) in [6.45, 7) is 2.49. The molecule has 1 fully saturated rings. The molecule has 0 radical (unpaired) electrons. The molecule has 0 aliphatic carbocycles. The predicted octanol–water partition coefficient (Wildman–Crippen LogP) is 1.66. The number of hydrogen-bond donors (Lipinski definition) is 1. The molecule has 3 heterocycles. The summed E-state index contributed by atoms with van der Waals surface area (Å²) < 4.78 is 45.0. The Kier molecular flexibility index (Phi) is 6.03. The molecule has 0 bridgehead atoms. The van der Waals surface area contributed by atoms with Gasteiger partial charge in [0.25, 0.3) is 5.56 Å². The average Bonchev–Trinajstić information content (AvgIpc) is 3.18. The summed E-state index contributed by atoms with van der Waals surface area (Å²) in [7, 11) is 1.44. The van der Waals surface area contributed by atoms with Gasteiger partial charge in [-0.3, -0.25) is 13.9 Å². The van der Waals surface area contributed by atoms with E-state index in [1.165, 1.54) is 23.0 Å². The van der Waals surface area contributed by atoms with E-state index in [1.807, 2.05) is 0 Å². The van der Waals surface area contributed by atoms with Gasteiger partial charge >= 0.3 is 17.9 Å². The Morgan fingerprint density at radius 1 is 1.17 bits per heavy atom. The molecule has 160 valence electrons. The van der Waals surface area contributed by atoms with E-state index in [0.717, 1.165) is 0 Å². The highest BCUT2D eigenvalue weighted by atomic mass is 32.1. The zero-order valence-electron chi connectivity index (χ0n) is 16.0. The molecule has 0 saturated carbocycles. The van der Waals surface area contributed by atoms with E-state index in [1.54, 1.807) is 11.8 Å². The van der Waals surface area contributed by atoms with E-state index in [-0.39, 0.29) is 31.1 Å². The molecule has 8 nitrogen and oxygen atoms in total. The number of alkyl halides is 3. The number of carbonyl (C=O) groups excluding carboxylic acids is 1. The number of fused-ring (bicyclic) bond motifs is 1. The van der Waals surface area contributed by atoms with Gasteiger partial charge in [-0.25, -0.2) is 9.59 Å². The Balaban J connectivity index is 2.13. The van der Waals surface area contributed by atoms with Gasteiger partial charge in [-0.2, -0.15) is 13.2 Å². The first-order valence-corrected chi connectivity index (χ1v) is 9.79. The third-order valence-electron chi connectivity index (χ3n) is 4.81. The second-order valence-electron chi connectivity index (χ2n) is 6.73. The summed E-state index contributed by atoms with van der Waals surface area (Å²) >= 11 is 1.20. The van der Waals surface area contributed by atoms with Gasteiger partial charge in [0.05, 0.1) is 31.5 Å². The molecule has 0 atom stereocenters. The van der Waals surface area contributed by atoms with Gasteiger partial charge in [-0.15, -0.1) is 11.3 Å². The molecule has 1 saturated heterocycles. The molecule has 29 heavy (non-hydrogen) atoms. The van der Waals surface area contributed by atoms with Gasteiger partial charge in [-0.05, 0) is 12.5 Å². The number of urea groups is 1. The van der Waals surface area contributed by atoms with Crippen molar-refractivity contribution in [1.29, 1.82) is 0 Å². The molecular formula is C17H21F3N4O4S. The molecule has 12 heteroatoms. The Hall–Kier alpha value is -2.34. The van der Waals surface area contributed by atoms with Crippen LogP contribution in [-0.4, -0.2) is 53.0 Å². The average molecular weight is 434 g/mol. The van der Waals surface area contributed by atoms with Crippen molar-refractivity contribution in [2.75, 3.05) is 26.8 Å². The molecule has 2 amide bonds. The van der Waals surface area contributed by atoms with Crippen LogP contribution in [-0.2, 0) is 24.4 Å². The van der Waals surface area contributed by atoms with Crippen molar-refractivity contribution in [3.63, 3.8) is 0 Å². The summed E-state index contributed by atoms with van der Waals surface area (Å²) in [6.07, 6.45) is -5.77. The van der Waals surface area contributed by atoms with Crippen LogP contribution in [0.2, 0.25) is 0 Å². The Morgan fingerprint density at radius 2 is 1.90 bits per heavy atom. The maximum atomic E-state index is 12.9. The number of nitrogens with one attached hydrogen (secondary N) is 1. The number of hydrogen-bond acceptors (Lipinski definition) is 5. The van der Waals surface area contributed by atoms with Crippen LogP contribution in [0, 0.1) is 6.92 Å².